The van der Waals surface area contributed by atoms with Crippen LogP contribution in [-0.4, -0.2) is 52.4 Å². The van der Waals surface area contributed by atoms with Crippen LogP contribution in [0.5, 0.6) is 6.01 Å². The number of nitrogens with zero attached hydrogens (tertiary/aromatic N) is 4. The lowest BCUT2D eigenvalue weighted by Gasteiger charge is -2.09. The summed E-state index contributed by atoms with van der Waals surface area (Å²) in [5.74, 6) is -0.344. The number of amides is 2. The van der Waals surface area contributed by atoms with Crippen LogP contribution in [0.15, 0.2) is 54.1 Å². The molecule has 2 aromatic heterocycles. The summed E-state index contributed by atoms with van der Waals surface area (Å²) < 4.78 is 19.7. The highest BCUT2D eigenvalue weighted by Gasteiger charge is 2.18. The first-order chi connectivity index (χ1) is 15.0. The molecule has 3 aromatic rings. The summed E-state index contributed by atoms with van der Waals surface area (Å²) in [7, 11) is 2.97. The first kappa shape index (κ1) is 21.6. The maximum atomic E-state index is 14.7. The molecule has 0 radical (unpaired) electrons. The van der Waals surface area contributed by atoms with Crippen LogP contribution >= 0.6 is 0 Å². The third kappa shape index (κ3) is 4.74. The lowest BCUT2D eigenvalue weighted by Crippen LogP contribution is -2.28. The zero-order chi connectivity index (χ0) is 22.4. The number of hydrogen-bond donors (Lipinski definition) is 3. The van der Waals surface area contributed by atoms with Gasteiger partial charge < -0.3 is 15.0 Å². The van der Waals surface area contributed by atoms with Gasteiger partial charge in [-0.3, -0.25) is 10.3 Å². The number of carbonyl (C=O) groups excluding carboxylic acids is 1. The van der Waals surface area contributed by atoms with Crippen molar-refractivity contribution in [2.75, 3.05) is 26.0 Å². The number of methoxy groups -OCH3 is 1. The molecule has 2 amide bonds. The number of anilines is 1. The van der Waals surface area contributed by atoms with E-state index in [1.54, 1.807) is 31.5 Å². The van der Waals surface area contributed by atoms with E-state index in [1.807, 2.05) is 0 Å². The Bertz CT molecular complexity index is 1170. The Hall–Kier alpha value is -4.08. The first-order valence-corrected chi connectivity index (χ1v) is 9.41. The number of carbonyl (C=O) groups is 1. The van der Waals surface area contributed by atoms with E-state index in [-0.39, 0.29) is 17.7 Å². The highest BCUT2D eigenvalue weighted by molar-refractivity contribution is 6.18. The molecule has 0 atom stereocenters. The van der Waals surface area contributed by atoms with Crippen molar-refractivity contribution in [3.05, 3.63) is 54.6 Å². The fraction of sp³-hybridized carbons (Fsp3) is 0.190. The Kier molecular flexibility index (Phi) is 6.71. The molecule has 2 heterocycles. The lowest BCUT2D eigenvalue weighted by molar-refractivity contribution is 0.252. The van der Waals surface area contributed by atoms with Crippen molar-refractivity contribution in [1.29, 1.82) is 0 Å². The summed E-state index contributed by atoms with van der Waals surface area (Å²) in [6, 6.07) is 3.36. The van der Waals surface area contributed by atoms with Gasteiger partial charge in [-0.05, 0) is 30.7 Å². The van der Waals surface area contributed by atoms with E-state index in [0.29, 0.717) is 34.3 Å². The minimum Gasteiger partial charge on any atom is -0.467 e. The van der Waals surface area contributed by atoms with Crippen LogP contribution in [0.2, 0.25) is 0 Å². The minimum atomic E-state index is -0.560. The van der Waals surface area contributed by atoms with Crippen molar-refractivity contribution in [3.8, 4) is 17.1 Å². The van der Waals surface area contributed by atoms with Crippen LogP contribution < -0.4 is 15.4 Å². The summed E-state index contributed by atoms with van der Waals surface area (Å²) in [6.45, 7) is 5.80. The van der Waals surface area contributed by atoms with Crippen LogP contribution in [0.3, 0.4) is 0 Å². The van der Waals surface area contributed by atoms with Crippen LogP contribution in [-0.2, 0) is 0 Å². The molecule has 3 N–H and O–H groups in total. The van der Waals surface area contributed by atoms with Crippen molar-refractivity contribution in [3.63, 3.8) is 0 Å². The van der Waals surface area contributed by atoms with Crippen LogP contribution in [0, 0.1) is 0 Å². The predicted octanol–water partition coefficient (Wildman–Crippen LogP) is 3.63. The predicted molar refractivity (Wildman–Crippen MR) is 118 cm³/mol. The highest BCUT2D eigenvalue weighted by atomic mass is 19.1. The fourth-order valence-corrected chi connectivity index (χ4v) is 2.95. The Morgan fingerprint density at radius 3 is 2.68 bits per heavy atom. The molecule has 31 heavy (non-hydrogen) atoms. The first-order valence-electron chi connectivity index (χ1n) is 9.41. The number of halogens is 1. The zero-order valence-corrected chi connectivity index (χ0v) is 17.4. The van der Waals surface area contributed by atoms with E-state index in [0.717, 1.165) is 0 Å². The Morgan fingerprint density at radius 2 is 2.06 bits per heavy atom. The van der Waals surface area contributed by atoms with Gasteiger partial charge in [0, 0.05) is 37.1 Å². The Morgan fingerprint density at radius 1 is 1.32 bits per heavy atom. The molecule has 1 aromatic carbocycles. The van der Waals surface area contributed by atoms with Crippen molar-refractivity contribution in [2.24, 2.45) is 4.99 Å². The topological polar surface area (TPSA) is 117 Å². The van der Waals surface area contributed by atoms with Crippen LogP contribution in [0.4, 0.5) is 15.1 Å². The Balaban J connectivity index is 2.18. The largest absolute Gasteiger partial charge is 0.467 e. The van der Waals surface area contributed by atoms with Crippen molar-refractivity contribution in [1.82, 2.24) is 25.3 Å². The van der Waals surface area contributed by atoms with Gasteiger partial charge in [0.25, 0.3) is 0 Å². The molecule has 0 aliphatic heterocycles. The van der Waals surface area contributed by atoms with Gasteiger partial charge in [-0.1, -0.05) is 12.7 Å². The Labute approximate surface area is 178 Å². The number of ether oxygens (including phenoxy) is 1. The molecule has 0 aliphatic rings. The third-order valence-corrected chi connectivity index (χ3v) is 4.28. The number of allylic oxidation sites excluding steroid dienone is 3. The number of hydrogen-bond acceptors (Lipinski definition) is 6. The van der Waals surface area contributed by atoms with E-state index in [4.69, 9.17) is 4.74 Å². The SMILES string of the molecule is C=C/C=C(F)\C(=N/C)c1cc(-c2cnc(OC)nc2)cc2nc(NC(=O)NCC)[nH]c12. The number of aromatic amines is 1. The quantitative estimate of drug-likeness (QED) is 0.396. The molecular formula is C21H22FN7O2. The number of H-pyrrole nitrogens is 1. The molecular weight excluding hydrogens is 401 g/mol. The molecule has 0 bridgehead atoms. The molecule has 3 rings (SSSR count). The monoisotopic (exact) mass is 423 g/mol. The van der Waals surface area contributed by atoms with E-state index < -0.39 is 11.9 Å². The number of fused-ring (bicyclic) bond motifs is 1. The van der Waals surface area contributed by atoms with Gasteiger partial charge >= 0.3 is 12.0 Å². The average Bonchev–Trinajstić information content (AvgIpc) is 3.17. The molecule has 10 heteroatoms. The molecule has 0 unspecified atom stereocenters. The summed E-state index contributed by atoms with van der Waals surface area (Å²) in [6.07, 6.45) is 5.75. The van der Waals surface area contributed by atoms with Gasteiger partial charge in [0.05, 0.1) is 18.1 Å². The van der Waals surface area contributed by atoms with Gasteiger partial charge in [0.15, 0.2) is 0 Å². The summed E-state index contributed by atoms with van der Waals surface area (Å²) in [5, 5.41) is 5.25. The standard InChI is InChI=1S/C21H22FN7O2/c1-5-7-15(22)17(23-3)14-8-12(13-10-25-21(31-4)26-11-13)9-16-18(14)28-19(27-16)29-20(30)24-6-2/h5,7-11H,1,6H2,2-4H3,(H3,24,27,28,29,30)/b15-7+,23-17-. The number of rotatable bonds is 7. The van der Waals surface area contributed by atoms with Crippen LogP contribution in [0.1, 0.15) is 12.5 Å². The molecule has 0 saturated heterocycles. The second kappa shape index (κ2) is 9.61. The fourth-order valence-electron chi connectivity index (χ4n) is 2.95. The number of benzene rings is 1. The van der Waals surface area contributed by atoms with E-state index in [1.165, 1.54) is 26.3 Å². The normalized spacial score (nSPS) is 12.0. The van der Waals surface area contributed by atoms with E-state index in [9.17, 15) is 9.18 Å². The maximum absolute atomic E-state index is 14.7. The van der Waals surface area contributed by atoms with Gasteiger partial charge in [-0.15, -0.1) is 0 Å². The number of urea groups is 1. The third-order valence-electron chi connectivity index (χ3n) is 4.28. The average molecular weight is 423 g/mol. The van der Waals surface area contributed by atoms with Crippen molar-refractivity contribution >= 4 is 28.7 Å². The van der Waals surface area contributed by atoms with Gasteiger partial charge in [0.1, 0.15) is 11.5 Å². The second-order valence-corrected chi connectivity index (χ2v) is 6.27. The number of imidazole rings is 1. The summed E-state index contributed by atoms with van der Waals surface area (Å²) in [5.41, 5.74) is 2.94. The van der Waals surface area contributed by atoms with E-state index in [2.05, 4.69) is 42.1 Å². The van der Waals surface area contributed by atoms with Crippen molar-refractivity contribution in [2.45, 2.75) is 6.92 Å². The minimum absolute atomic E-state index is 0.106. The summed E-state index contributed by atoms with van der Waals surface area (Å²) >= 11 is 0. The number of aliphatic imine (C=N–C) groups is 1. The smallest absolute Gasteiger partial charge is 0.321 e. The van der Waals surface area contributed by atoms with E-state index >= 15 is 0 Å². The van der Waals surface area contributed by atoms with Gasteiger partial charge in [-0.25, -0.2) is 24.1 Å². The number of nitrogens with one attached hydrogen (secondary N) is 3. The molecule has 0 spiro atoms. The molecule has 0 saturated carbocycles. The summed E-state index contributed by atoms with van der Waals surface area (Å²) in [4.78, 5) is 31.7. The van der Waals surface area contributed by atoms with Crippen molar-refractivity contribution < 1.29 is 13.9 Å². The van der Waals surface area contributed by atoms with Crippen LogP contribution in [0.25, 0.3) is 22.2 Å². The molecule has 0 aliphatic carbocycles. The van der Waals surface area contributed by atoms with Gasteiger partial charge in [-0.2, -0.15) is 0 Å². The molecule has 0 fully saturated rings. The highest BCUT2D eigenvalue weighted by Crippen LogP contribution is 2.29. The molecule has 160 valence electrons. The zero-order valence-electron chi connectivity index (χ0n) is 17.4. The lowest BCUT2D eigenvalue weighted by atomic mass is 10.00. The molecule has 9 nitrogen and oxygen atoms in total. The number of aromatic nitrogens is 4. The van der Waals surface area contributed by atoms with Gasteiger partial charge in [0.2, 0.25) is 5.95 Å². The maximum Gasteiger partial charge on any atom is 0.321 e. The second-order valence-electron chi connectivity index (χ2n) is 6.27.